The molecule has 1 saturated heterocycles. The molecule has 0 radical (unpaired) electrons. The lowest BCUT2D eigenvalue weighted by atomic mass is 10.1. The number of aryl methyl sites for hydroxylation is 1. The first-order valence-electron chi connectivity index (χ1n) is 5.10. The number of ether oxygens (including phenoxy) is 1. The van der Waals surface area contributed by atoms with Gasteiger partial charge in [-0.25, -0.2) is 0 Å². The average molecular weight is 192 g/mol. The molecule has 1 fully saturated rings. The fourth-order valence-electron chi connectivity index (χ4n) is 1.95. The number of quaternary nitrogens is 1. The van der Waals surface area contributed by atoms with Gasteiger partial charge in [-0.2, -0.15) is 0 Å². The van der Waals surface area contributed by atoms with Gasteiger partial charge in [0.2, 0.25) is 6.23 Å². The van der Waals surface area contributed by atoms with Crippen molar-refractivity contribution >= 4 is 0 Å². The number of rotatable bonds is 1. The van der Waals surface area contributed by atoms with Crippen LogP contribution in [0.15, 0.2) is 24.3 Å². The number of hydrogen-bond acceptors (Lipinski definition) is 1. The van der Waals surface area contributed by atoms with E-state index in [1.165, 1.54) is 11.1 Å². The fraction of sp³-hybridized carbons (Fsp3) is 0.500. The van der Waals surface area contributed by atoms with Gasteiger partial charge in [0.25, 0.3) is 0 Å². The molecule has 1 heterocycles. The van der Waals surface area contributed by atoms with Gasteiger partial charge in [-0.05, 0) is 6.92 Å². The van der Waals surface area contributed by atoms with E-state index in [1.807, 2.05) is 0 Å². The zero-order chi connectivity index (χ0) is 10.2. The van der Waals surface area contributed by atoms with Crippen LogP contribution in [0.2, 0.25) is 0 Å². The van der Waals surface area contributed by atoms with Crippen molar-refractivity contribution in [1.82, 2.24) is 0 Å². The molecule has 1 aliphatic heterocycles. The summed E-state index contributed by atoms with van der Waals surface area (Å²) in [5.41, 5.74) is 2.59. The highest BCUT2D eigenvalue weighted by molar-refractivity contribution is 5.22. The molecule has 2 heteroatoms. The van der Waals surface area contributed by atoms with Crippen molar-refractivity contribution in [3.63, 3.8) is 0 Å². The number of likely N-dealkylation sites (N-methyl/N-ethyl adjacent to an activating group) is 1. The van der Waals surface area contributed by atoms with E-state index in [0.29, 0.717) is 0 Å². The van der Waals surface area contributed by atoms with Gasteiger partial charge in [-0.1, -0.05) is 29.8 Å². The Balaban J connectivity index is 2.27. The summed E-state index contributed by atoms with van der Waals surface area (Å²) >= 11 is 0. The summed E-state index contributed by atoms with van der Waals surface area (Å²) in [4.78, 5) is 0. The largest absolute Gasteiger partial charge is 0.319 e. The summed E-state index contributed by atoms with van der Waals surface area (Å²) in [5, 5.41) is 0. The monoisotopic (exact) mass is 192 g/mol. The molecule has 0 N–H and O–H groups in total. The third-order valence-corrected chi connectivity index (χ3v) is 2.94. The second-order valence-electron chi connectivity index (χ2n) is 4.64. The molecule has 1 atom stereocenters. The normalized spacial score (nSPS) is 25.2. The number of nitrogens with zero attached hydrogens (tertiary/aromatic N) is 1. The van der Waals surface area contributed by atoms with Crippen LogP contribution in [-0.4, -0.2) is 31.7 Å². The molecule has 0 bridgehead atoms. The minimum Gasteiger partial charge on any atom is -0.319 e. The Kier molecular flexibility index (Phi) is 2.33. The van der Waals surface area contributed by atoms with Gasteiger partial charge < -0.3 is 4.74 Å². The Bertz CT molecular complexity index is 316. The third kappa shape index (κ3) is 1.68. The SMILES string of the molecule is Cc1ccc(C2OCC[N+]2(C)C)cc1. The molecule has 1 aromatic carbocycles. The van der Waals surface area contributed by atoms with Crippen LogP contribution >= 0.6 is 0 Å². The second-order valence-corrected chi connectivity index (χ2v) is 4.64. The highest BCUT2D eigenvalue weighted by atomic mass is 16.5. The average Bonchev–Trinajstić information content (AvgIpc) is 2.47. The first-order valence-corrected chi connectivity index (χ1v) is 5.10. The van der Waals surface area contributed by atoms with Crippen LogP contribution in [0.1, 0.15) is 17.4 Å². The van der Waals surface area contributed by atoms with Crippen molar-refractivity contribution in [3.8, 4) is 0 Å². The Morgan fingerprint density at radius 3 is 2.36 bits per heavy atom. The van der Waals surface area contributed by atoms with Crippen molar-refractivity contribution in [3.05, 3.63) is 35.4 Å². The number of hydrogen-bond donors (Lipinski definition) is 0. The first kappa shape index (κ1) is 9.69. The van der Waals surface area contributed by atoms with Crippen molar-refractivity contribution in [1.29, 1.82) is 0 Å². The maximum absolute atomic E-state index is 5.77. The summed E-state index contributed by atoms with van der Waals surface area (Å²) in [6.07, 6.45) is 0.218. The predicted octanol–water partition coefficient (Wildman–Crippen LogP) is 2.10. The summed E-state index contributed by atoms with van der Waals surface area (Å²) in [7, 11) is 4.44. The van der Waals surface area contributed by atoms with Crippen molar-refractivity contribution < 1.29 is 9.22 Å². The van der Waals surface area contributed by atoms with E-state index in [1.54, 1.807) is 0 Å². The summed E-state index contributed by atoms with van der Waals surface area (Å²) < 4.78 is 6.70. The Morgan fingerprint density at radius 1 is 1.21 bits per heavy atom. The summed E-state index contributed by atoms with van der Waals surface area (Å²) in [6.45, 7) is 4.07. The van der Waals surface area contributed by atoms with E-state index < -0.39 is 0 Å². The van der Waals surface area contributed by atoms with E-state index in [0.717, 1.165) is 17.6 Å². The zero-order valence-corrected chi connectivity index (χ0v) is 9.16. The molecule has 1 unspecified atom stereocenters. The van der Waals surface area contributed by atoms with Crippen LogP contribution in [0.4, 0.5) is 0 Å². The number of benzene rings is 1. The van der Waals surface area contributed by atoms with Crippen LogP contribution in [0, 0.1) is 6.92 Å². The Labute approximate surface area is 85.7 Å². The van der Waals surface area contributed by atoms with Crippen molar-refractivity contribution in [2.45, 2.75) is 13.2 Å². The molecule has 76 valence electrons. The van der Waals surface area contributed by atoms with Gasteiger partial charge in [0.1, 0.15) is 13.2 Å². The lowest BCUT2D eigenvalue weighted by molar-refractivity contribution is -0.920. The molecular formula is C12H18NO+. The molecule has 2 nitrogen and oxygen atoms in total. The van der Waals surface area contributed by atoms with Crippen LogP contribution < -0.4 is 0 Å². The van der Waals surface area contributed by atoms with Crippen LogP contribution in [-0.2, 0) is 4.74 Å². The maximum Gasteiger partial charge on any atom is 0.219 e. The maximum atomic E-state index is 5.77. The van der Waals surface area contributed by atoms with E-state index in [4.69, 9.17) is 4.74 Å². The molecule has 2 rings (SSSR count). The van der Waals surface area contributed by atoms with Crippen molar-refractivity contribution in [2.75, 3.05) is 27.2 Å². The van der Waals surface area contributed by atoms with E-state index in [-0.39, 0.29) is 6.23 Å². The molecular weight excluding hydrogens is 174 g/mol. The Morgan fingerprint density at radius 2 is 1.86 bits per heavy atom. The van der Waals surface area contributed by atoms with Crippen molar-refractivity contribution in [2.24, 2.45) is 0 Å². The molecule has 14 heavy (non-hydrogen) atoms. The van der Waals surface area contributed by atoms with Gasteiger partial charge in [0.15, 0.2) is 0 Å². The summed E-state index contributed by atoms with van der Waals surface area (Å²) in [6, 6.07) is 8.64. The van der Waals surface area contributed by atoms with Gasteiger partial charge in [-0.3, -0.25) is 4.48 Å². The molecule has 0 amide bonds. The summed E-state index contributed by atoms with van der Waals surface area (Å²) in [5.74, 6) is 0. The minimum absolute atomic E-state index is 0.218. The topological polar surface area (TPSA) is 9.23 Å². The van der Waals surface area contributed by atoms with Gasteiger partial charge in [0, 0.05) is 5.56 Å². The highest BCUT2D eigenvalue weighted by Gasteiger charge is 2.36. The Hall–Kier alpha value is -0.860. The van der Waals surface area contributed by atoms with Gasteiger partial charge in [0.05, 0.1) is 14.1 Å². The van der Waals surface area contributed by atoms with E-state index in [2.05, 4.69) is 45.3 Å². The smallest absolute Gasteiger partial charge is 0.219 e. The van der Waals surface area contributed by atoms with Crippen LogP contribution in [0.3, 0.4) is 0 Å². The minimum atomic E-state index is 0.218. The van der Waals surface area contributed by atoms with Crippen LogP contribution in [0.5, 0.6) is 0 Å². The van der Waals surface area contributed by atoms with Gasteiger partial charge in [-0.15, -0.1) is 0 Å². The lowest BCUT2D eigenvalue weighted by Crippen LogP contribution is -2.38. The standard InChI is InChI=1S/C12H18NO/c1-10-4-6-11(7-5-10)12-13(2,3)8-9-14-12/h4-7,12H,8-9H2,1-3H3/q+1. The van der Waals surface area contributed by atoms with E-state index in [9.17, 15) is 0 Å². The molecule has 1 aromatic rings. The zero-order valence-electron chi connectivity index (χ0n) is 9.16. The lowest BCUT2D eigenvalue weighted by Gasteiger charge is -2.29. The third-order valence-electron chi connectivity index (χ3n) is 2.94. The fourth-order valence-corrected chi connectivity index (χ4v) is 1.95. The first-order chi connectivity index (χ1) is 6.59. The predicted molar refractivity (Wildman–Crippen MR) is 56.8 cm³/mol. The van der Waals surface area contributed by atoms with E-state index >= 15 is 0 Å². The molecule has 1 aliphatic rings. The van der Waals surface area contributed by atoms with Gasteiger partial charge >= 0.3 is 0 Å². The molecule has 0 saturated carbocycles. The van der Waals surface area contributed by atoms with Crippen LogP contribution in [0.25, 0.3) is 0 Å². The second kappa shape index (κ2) is 3.37. The molecule has 0 spiro atoms. The molecule has 0 aliphatic carbocycles. The highest BCUT2D eigenvalue weighted by Crippen LogP contribution is 2.30. The quantitative estimate of drug-likeness (QED) is 0.619. The molecule has 0 aromatic heterocycles.